The number of allylic oxidation sites excluding steroid dienone is 32. The molecule has 112 heavy (non-hydrogen) atoms. The Morgan fingerprint density at radius 2 is 0.482 bits per heavy atom. The SMILES string of the molecule is CC/C=C\C/C=C\C/C=C\C/C=C\C/C=C\C/C=C\CCC(=O)OC[C@H](COP(=O)(O)OC[C@@H](O)COP(=O)(O)OC[C@@H](COC(=O)CCCCC/C=C\C/C=C\C/C=C\C/C=C\C/C=C\CC)OC(=O)CCCCC/C=C\C/C=C\C/C=C\C/C=C\C/C=C\CC)OC(=O)CCCCCCCCCCCCCCCCC. The van der Waals surface area contributed by atoms with Crippen molar-refractivity contribution < 1.29 is 80.2 Å². The molecule has 2 unspecified atom stereocenters. The first-order valence-corrected chi connectivity index (χ1v) is 45.7. The molecule has 17 nitrogen and oxygen atoms in total. The molecule has 5 atom stereocenters. The molecule has 0 aliphatic carbocycles. The molecule has 634 valence electrons. The van der Waals surface area contributed by atoms with Gasteiger partial charge in [-0.15, -0.1) is 0 Å². The molecule has 19 heteroatoms. The van der Waals surface area contributed by atoms with Gasteiger partial charge in [0, 0.05) is 25.7 Å². The van der Waals surface area contributed by atoms with Gasteiger partial charge in [-0.3, -0.25) is 37.3 Å². The first-order chi connectivity index (χ1) is 54.7. The van der Waals surface area contributed by atoms with Crippen LogP contribution in [0.15, 0.2) is 194 Å². The lowest BCUT2D eigenvalue weighted by Crippen LogP contribution is -2.30. The number of aliphatic hydroxyl groups is 1. The molecular weight excluding hydrogens is 1450 g/mol. The second-order valence-electron chi connectivity index (χ2n) is 27.6. The largest absolute Gasteiger partial charge is 0.472 e. The molecule has 3 N–H and O–H groups in total. The fraction of sp³-hybridized carbons (Fsp3) is 0.613. The van der Waals surface area contributed by atoms with E-state index in [-0.39, 0.29) is 25.7 Å². The van der Waals surface area contributed by atoms with Crippen molar-refractivity contribution in [1.29, 1.82) is 0 Å². The Morgan fingerprint density at radius 3 is 0.768 bits per heavy atom. The number of hydrogen-bond acceptors (Lipinski definition) is 15. The van der Waals surface area contributed by atoms with Crippen molar-refractivity contribution in [3.8, 4) is 0 Å². The van der Waals surface area contributed by atoms with Crippen LogP contribution in [0.4, 0.5) is 0 Å². The average Bonchev–Trinajstić information content (AvgIpc) is 0.898. The number of rotatable bonds is 78. The first kappa shape index (κ1) is 106. The van der Waals surface area contributed by atoms with E-state index >= 15 is 0 Å². The summed E-state index contributed by atoms with van der Waals surface area (Å²) in [6.07, 6.45) is 103. The summed E-state index contributed by atoms with van der Waals surface area (Å²) >= 11 is 0. The highest BCUT2D eigenvalue weighted by molar-refractivity contribution is 7.47. The maximum Gasteiger partial charge on any atom is 0.472 e. The number of phosphoric acid groups is 2. The zero-order valence-electron chi connectivity index (χ0n) is 69.5. The molecule has 0 amide bonds. The van der Waals surface area contributed by atoms with Crippen LogP contribution in [-0.2, 0) is 65.4 Å². The highest BCUT2D eigenvalue weighted by atomic mass is 31.2. The summed E-state index contributed by atoms with van der Waals surface area (Å²) < 4.78 is 68.7. The lowest BCUT2D eigenvalue weighted by molar-refractivity contribution is -0.161. The summed E-state index contributed by atoms with van der Waals surface area (Å²) in [5.41, 5.74) is 0. The molecule has 0 spiro atoms. The highest BCUT2D eigenvalue weighted by Gasteiger charge is 2.30. The molecule has 0 aliphatic rings. The minimum atomic E-state index is -5.01. The minimum absolute atomic E-state index is 0.0304. The predicted octanol–water partition coefficient (Wildman–Crippen LogP) is 25.7. The van der Waals surface area contributed by atoms with E-state index in [0.717, 1.165) is 161 Å². The Labute approximate surface area is 678 Å². The van der Waals surface area contributed by atoms with E-state index in [1.807, 2.05) is 18.2 Å². The van der Waals surface area contributed by atoms with E-state index in [1.54, 1.807) is 0 Å². The molecule has 0 saturated carbocycles. The Kier molecular flexibility index (Phi) is 78.4. The summed E-state index contributed by atoms with van der Waals surface area (Å²) in [5.74, 6) is -2.36. The molecule has 0 aromatic heterocycles. The first-order valence-electron chi connectivity index (χ1n) is 42.7. The molecular formula is C93H150O17P2. The van der Waals surface area contributed by atoms with Crippen molar-refractivity contribution in [2.24, 2.45) is 0 Å². The number of aliphatic hydroxyl groups excluding tert-OH is 1. The fourth-order valence-corrected chi connectivity index (χ4v) is 12.3. The van der Waals surface area contributed by atoms with Gasteiger partial charge in [0.05, 0.1) is 26.4 Å². The molecule has 0 bridgehead atoms. The summed E-state index contributed by atoms with van der Waals surface area (Å²) in [4.78, 5) is 73.3. The van der Waals surface area contributed by atoms with Gasteiger partial charge in [0.15, 0.2) is 12.2 Å². The van der Waals surface area contributed by atoms with Crippen molar-refractivity contribution in [1.82, 2.24) is 0 Å². The van der Waals surface area contributed by atoms with Crippen molar-refractivity contribution in [3.05, 3.63) is 194 Å². The topological polar surface area (TPSA) is 237 Å². The number of carbonyl (C=O) groups excluding carboxylic acids is 4. The van der Waals surface area contributed by atoms with Crippen molar-refractivity contribution >= 4 is 39.5 Å². The number of unbranched alkanes of at least 4 members (excludes halogenated alkanes) is 20. The second kappa shape index (κ2) is 82.9. The molecule has 0 rings (SSSR count). The average molecular weight is 1600 g/mol. The van der Waals surface area contributed by atoms with Gasteiger partial charge in [-0.05, 0) is 154 Å². The minimum Gasteiger partial charge on any atom is -0.462 e. The van der Waals surface area contributed by atoms with Gasteiger partial charge in [-0.1, -0.05) is 325 Å². The van der Waals surface area contributed by atoms with Gasteiger partial charge < -0.3 is 33.8 Å². The van der Waals surface area contributed by atoms with E-state index in [0.29, 0.717) is 32.1 Å². The zero-order chi connectivity index (χ0) is 81.7. The van der Waals surface area contributed by atoms with Gasteiger partial charge in [0.2, 0.25) is 0 Å². The van der Waals surface area contributed by atoms with Crippen molar-refractivity contribution in [2.75, 3.05) is 39.6 Å². The Bertz CT molecular complexity index is 2890. The van der Waals surface area contributed by atoms with Crippen LogP contribution in [0, 0.1) is 0 Å². The van der Waals surface area contributed by atoms with Crippen LogP contribution in [0.5, 0.6) is 0 Å². The molecule has 0 aromatic rings. The lowest BCUT2D eigenvalue weighted by atomic mass is 10.0. The molecule has 0 aromatic carbocycles. The summed E-state index contributed by atoms with van der Waals surface area (Å²) in [5, 5.41) is 10.7. The van der Waals surface area contributed by atoms with Crippen LogP contribution in [0.1, 0.15) is 310 Å². The van der Waals surface area contributed by atoms with Gasteiger partial charge in [-0.25, -0.2) is 9.13 Å². The quantitative estimate of drug-likeness (QED) is 0.0169. The molecule has 0 fully saturated rings. The van der Waals surface area contributed by atoms with Crippen LogP contribution >= 0.6 is 15.6 Å². The number of hydrogen-bond donors (Lipinski definition) is 3. The zero-order valence-corrected chi connectivity index (χ0v) is 71.3. The summed E-state index contributed by atoms with van der Waals surface area (Å²) in [7, 11) is -10.0. The monoisotopic (exact) mass is 1600 g/mol. The van der Waals surface area contributed by atoms with E-state index in [9.17, 15) is 43.2 Å². The van der Waals surface area contributed by atoms with E-state index < -0.39 is 97.5 Å². The summed E-state index contributed by atoms with van der Waals surface area (Å²) in [6.45, 7) is 4.38. The maximum absolute atomic E-state index is 13.1. The van der Waals surface area contributed by atoms with Crippen LogP contribution in [0.3, 0.4) is 0 Å². The van der Waals surface area contributed by atoms with Gasteiger partial charge in [0.25, 0.3) is 0 Å². The highest BCUT2D eigenvalue weighted by Crippen LogP contribution is 2.45. The third-order valence-corrected chi connectivity index (χ3v) is 19.0. The molecule has 0 saturated heterocycles. The third kappa shape index (κ3) is 81.9. The van der Waals surface area contributed by atoms with E-state index in [1.165, 1.54) is 64.2 Å². The predicted molar refractivity (Wildman–Crippen MR) is 463 cm³/mol. The Hall–Kier alpha value is -6.10. The number of carbonyl (C=O) groups is 4. The van der Waals surface area contributed by atoms with Crippen LogP contribution in [0.25, 0.3) is 0 Å². The van der Waals surface area contributed by atoms with Gasteiger partial charge in [0.1, 0.15) is 19.3 Å². The Balaban J connectivity index is 5.53. The molecule has 0 aliphatic heterocycles. The van der Waals surface area contributed by atoms with Gasteiger partial charge in [-0.2, -0.15) is 0 Å². The van der Waals surface area contributed by atoms with Crippen molar-refractivity contribution in [2.45, 2.75) is 329 Å². The smallest absolute Gasteiger partial charge is 0.462 e. The van der Waals surface area contributed by atoms with Crippen LogP contribution in [-0.4, -0.2) is 96.7 Å². The third-order valence-electron chi connectivity index (χ3n) is 17.1. The van der Waals surface area contributed by atoms with E-state index in [2.05, 4.69) is 204 Å². The lowest BCUT2D eigenvalue weighted by Gasteiger charge is -2.21. The number of phosphoric ester groups is 2. The van der Waals surface area contributed by atoms with Crippen LogP contribution in [0.2, 0.25) is 0 Å². The normalized spacial score (nSPS) is 14.7. The maximum atomic E-state index is 13.1. The number of esters is 4. The standard InChI is InChI=1S/C93H150O17P2/c1-5-9-13-17-21-25-29-33-37-40-43-46-50-53-57-61-65-69-73-77-90(95)103-83-88(109-92(97)79-75-71-67-63-59-55-49-36-32-28-24-20-16-12-8-4)85-107-111(99,100)105-81-87(94)82-106-112(101,102)108-86-89(110-93(98)80-76-72-68-64-60-56-52-48-45-42-39-35-31-27-23-19-15-11-7-3)84-104-91(96)78-74-70-66-62-58-54-51-47-44-41-38-34-30-26-22-18-14-10-6-2/h9-11,13-15,21-23,25-27,33-35,37-39,43-48,53-54,56-58,60,65,69,87-89,94H,5-8,12,16-20,24,28-32,36,40-42,49-52,55,59,61-64,66-68,70-86H2,1-4H3,(H,99,100)(H,101,102)/b13-9-,14-10-,15-11-,25-21-,26-22-,27-23-,37-33-,38-34-,39-35-,46-43-,47-44-,48-45-,57-53-,58-54-,60-56-,69-65-/t87-,88-,89-/m1/s1. The number of ether oxygens (including phenoxy) is 4. The second-order valence-corrected chi connectivity index (χ2v) is 30.5. The van der Waals surface area contributed by atoms with E-state index in [4.69, 9.17) is 37.0 Å². The molecule has 0 radical (unpaired) electrons. The van der Waals surface area contributed by atoms with Crippen molar-refractivity contribution in [3.63, 3.8) is 0 Å². The fourth-order valence-electron chi connectivity index (χ4n) is 10.7. The van der Waals surface area contributed by atoms with Crippen LogP contribution < -0.4 is 0 Å². The molecule has 0 heterocycles. The van der Waals surface area contributed by atoms with Gasteiger partial charge >= 0.3 is 39.5 Å². The summed E-state index contributed by atoms with van der Waals surface area (Å²) in [6, 6.07) is 0. The Morgan fingerprint density at radius 1 is 0.259 bits per heavy atom.